The van der Waals surface area contributed by atoms with Crippen molar-refractivity contribution in [2.45, 2.75) is 19.0 Å². The first-order valence-corrected chi connectivity index (χ1v) is 10.1. The Balaban J connectivity index is 1.20. The number of amides is 2. The first-order valence-electron chi connectivity index (χ1n) is 10.1. The van der Waals surface area contributed by atoms with Gasteiger partial charge in [0.15, 0.2) is 11.5 Å². The second-order valence-electron chi connectivity index (χ2n) is 7.76. The molecule has 0 unspecified atom stereocenters. The van der Waals surface area contributed by atoms with Gasteiger partial charge in [-0.25, -0.2) is 9.29 Å². The van der Waals surface area contributed by atoms with E-state index in [1.165, 1.54) is 29.2 Å². The fraction of sp³-hybridized carbons (Fsp3) is 0.364. The van der Waals surface area contributed by atoms with Crippen molar-refractivity contribution < 1.29 is 23.5 Å². The normalized spacial score (nSPS) is 22.2. The number of rotatable bonds is 4. The third-order valence-corrected chi connectivity index (χ3v) is 5.90. The molecule has 2 aromatic carbocycles. The summed E-state index contributed by atoms with van der Waals surface area (Å²) in [4.78, 5) is 31.0. The topological polar surface area (TPSA) is 62.3 Å². The van der Waals surface area contributed by atoms with Gasteiger partial charge < -0.3 is 9.47 Å². The minimum absolute atomic E-state index is 0.165. The maximum absolute atomic E-state index is 13.2. The summed E-state index contributed by atoms with van der Waals surface area (Å²) in [5.74, 6) is 0.698. The van der Waals surface area contributed by atoms with Crippen molar-refractivity contribution in [1.29, 1.82) is 0 Å². The smallest absolute Gasteiger partial charge is 0.251 e. The standard InChI is InChI=1S/C22H22FN3O4/c23-16-2-4-17(5-3-16)26-21(27)12-18(22(26)28)25-9-7-24(8-10-25)13-15-1-6-19-20(11-15)30-14-29-19/h1-6,11,18H,7-10,12-14H2/t18-/m0/s1. The molecule has 2 aromatic rings. The molecule has 2 fully saturated rings. The quantitative estimate of drug-likeness (QED) is 0.718. The van der Waals surface area contributed by atoms with Crippen LogP contribution in [-0.2, 0) is 16.1 Å². The van der Waals surface area contributed by atoms with Crippen LogP contribution in [0, 0.1) is 5.82 Å². The molecule has 3 aliphatic heterocycles. The van der Waals surface area contributed by atoms with E-state index >= 15 is 0 Å². The molecule has 0 bridgehead atoms. The highest BCUT2D eigenvalue weighted by Gasteiger charge is 2.43. The van der Waals surface area contributed by atoms with Gasteiger partial charge >= 0.3 is 0 Å². The molecule has 3 heterocycles. The first kappa shape index (κ1) is 19.0. The van der Waals surface area contributed by atoms with Gasteiger partial charge in [-0.3, -0.25) is 19.4 Å². The Morgan fingerprint density at radius 1 is 0.933 bits per heavy atom. The monoisotopic (exact) mass is 411 g/mol. The average Bonchev–Trinajstić information content (AvgIpc) is 3.33. The number of nitrogens with zero attached hydrogens (tertiary/aromatic N) is 3. The Morgan fingerprint density at radius 3 is 2.43 bits per heavy atom. The number of piperazine rings is 1. The molecule has 30 heavy (non-hydrogen) atoms. The van der Waals surface area contributed by atoms with E-state index in [9.17, 15) is 14.0 Å². The fourth-order valence-electron chi connectivity index (χ4n) is 4.29. The summed E-state index contributed by atoms with van der Waals surface area (Å²) >= 11 is 0. The SMILES string of the molecule is O=C1C[C@H](N2CCN(Cc3ccc4c(c3)OCO4)CC2)C(=O)N1c1ccc(F)cc1. The highest BCUT2D eigenvalue weighted by atomic mass is 19.1. The molecule has 2 saturated heterocycles. The van der Waals surface area contributed by atoms with Crippen LogP contribution < -0.4 is 14.4 Å². The molecule has 1 atom stereocenters. The summed E-state index contributed by atoms with van der Waals surface area (Å²) in [7, 11) is 0. The number of ether oxygens (including phenoxy) is 2. The maximum Gasteiger partial charge on any atom is 0.251 e. The van der Waals surface area contributed by atoms with E-state index in [0.29, 0.717) is 18.8 Å². The highest BCUT2D eigenvalue weighted by molar-refractivity contribution is 6.22. The minimum atomic E-state index is -0.449. The molecule has 0 spiro atoms. The number of fused-ring (bicyclic) bond motifs is 1. The Kier molecular flexibility index (Phi) is 4.88. The van der Waals surface area contributed by atoms with Crippen LogP contribution in [0.1, 0.15) is 12.0 Å². The van der Waals surface area contributed by atoms with Crippen molar-refractivity contribution in [3.05, 3.63) is 53.8 Å². The molecule has 2 amide bonds. The second-order valence-corrected chi connectivity index (χ2v) is 7.76. The van der Waals surface area contributed by atoms with E-state index < -0.39 is 11.9 Å². The maximum atomic E-state index is 13.2. The van der Waals surface area contributed by atoms with Gasteiger partial charge in [-0.15, -0.1) is 0 Å². The van der Waals surface area contributed by atoms with Gasteiger partial charge in [-0.2, -0.15) is 0 Å². The Labute approximate surface area is 173 Å². The lowest BCUT2D eigenvalue weighted by Gasteiger charge is -2.37. The van der Waals surface area contributed by atoms with E-state index in [4.69, 9.17) is 9.47 Å². The molecule has 0 aromatic heterocycles. The van der Waals surface area contributed by atoms with E-state index in [1.807, 2.05) is 18.2 Å². The van der Waals surface area contributed by atoms with Crippen LogP contribution in [0.5, 0.6) is 11.5 Å². The van der Waals surface area contributed by atoms with E-state index in [0.717, 1.165) is 36.7 Å². The van der Waals surface area contributed by atoms with Gasteiger partial charge in [-0.05, 0) is 42.0 Å². The zero-order chi connectivity index (χ0) is 20.7. The molecule has 8 heteroatoms. The molecule has 5 rings (SSSR count). The van der Waals surface area contributed by atoms with Gasteiger partial charge in [0.05, 0.1) is 18.2 Å². The Morgan fingerprint density at radius 2 is 1.67 bits per heavy atom. The number of carbonyl (C=O) groups is 2. The van der Waals surface area contributed by atoms with Crippen LogP contribution in [-0.4, -0.2) is 60.6 Å². The van der Waals surface area contributed by atoms with Gasteiger partial charge in [0, 0.05) is 32.7 Å². The third-order valence-electron chi connectivity index (χ3n) is 5.90. The van der Waals surface area contributed by atoms with Crippen LogP contribution in [0.4, 0.5) is 10.1 Å². The number of hydrogen-bond donors (Lipinski definition) is 0. The van der Waals surface area contributed by atoms with Crippen molar-refractivity contribution in [2.24, 2.45) is 0 Å². The van der Waals surface area contributed by atoms with Crippen LogP contribution in [0.25, 0.3) is 0 Å². The molecule has 0 saturated carbocycles. The van der Waals surface area contributed by atoms with Crippen LogP contribution in [0.2, 0.25) is 0 Å². The predicted molar refractivity (Wildman–Crippen MR) is 107 cm³/mol. The largest absolute Gasteiger partial charge is 0.454 e. The van der Waals surface area contributed by atoms with Crippen molar-refractivity contribution in [2.75, 3.05) is 37.9 Å². The molecule has 156 valence electrons. The molecular formula is C22H22FN3O4. The predicted octanol–water partition coefficient (Wildman–Crippen LogP) is 2.00. The summed E-state index contributed by atoms with van der Waals surface area (Å²) in [5, 5.41) is 0. The van der Waals surface area contributed by atoms with E-state index in [2.05, 4.69) is 9.80 Å². The fourth-order valence-corrected chi connectivity index (χ4v) is 4.29. The van der Waals surface area contributed by atoms with Gasteiger partial charge in [0.1, 0.15) is 5.82 Å². The van der Waals surface area contributed by atoms with Crippen molar-refractivity contribution >= 4 is 17.5 Å². The van der Waals surface area contributed by atoms with Crippen molar-refractivity contribution in [3.63, 3.8) is 0 Å². The Hall–Kier alpha value is -2.97. The lowest BCUT2D eigenvalue weighted by atomic mass is 10.1. The minimum Gasteiger partial charge on any atom is -0.454 e. The molecular weight excluding hydrogens is 389 g/mol. The number of hydrogen-bond acceptors (Lipinski definition) is 6. The van der Waals surface area contributed by atoms with E-state index in [1.54, 1.807) is 0 Å². The van der Waals surface area contributed by atoms with Gasteiger partial charge in [-0.1, -0.05) is 6.07 Å². The third kappa shape index (κ3) is 3.53. The van der Waals surface area contributed by atoms with Crippen LogP contribution in [0.15, 0.2) is 42.5 Å². The summed E-state index contributed by atoms with van der Waals surface area (Å²) < 4.78 is 24.0. The van der Waals surface area contributed by atoms with Gasteiger partial charge in [0.2, 0.25) is 12.7 Å². The number of halogens is 1. The molecule has 0 aliphatic carbocycles. The van der Waals surface area contributed by atoms with Crippen LogP contribution in [0.3, 0.4) is 0 Å². The number of anilines is 1. The lowest BCUT2D eigenvalue weighted by Crippen LogP contribution is -2.52. The molecule has 0 N–H and O–H groups in total. The van der Waals surface area contributed by atoms with Gasteiger partial charge in [0.25, 0.3) is 5.91 Å². The Bertz CT molecular complexity index is 973. The summed E-state index contributed by atoms with van der Waals surface area (Å²) in [6.45, 7) is 4.10. The number of carbonyl (C=O) groups excluding carboxylic acids is 2. The van der Waals surface area contributed by atoms with Crippen molar-refractivity contribution in [3.8, 4) is 11.5 Å². The number of benzene rings is 2. The van der Waals surface area contributed by atoms with Crippen LogP contribution >= 0.6 is 0 Å². The number of imide groups is 1. The summed E-state index contributed by atoms with van der Waals surface area (Å²) in [6.07, 6.45) is 0.165. The average molecular weight is 411 g/mol. The zero-order valence-corrected chi connectivity index (χ0v) is 16.4. The summed E-state index contributed by atoms with van der Waals surface area (Å²) in [5.41, 5.74) is 1.58. The zero-order valence-electron chi connectivity index (χ0n) is 16.4. The highest BCUT2D eigenvalue weighted by Crippen LogP contribution is 2.33. The first-order chi connectivity index (χ1) is 14.6. The lowest BCUT2D eigenvalue weighted by molar-refractivity contribution is -0.123. The second kappa shape index (κ2) is 7.70. The summed E-state index contributed by atoms with van der Waals surface area (Å²) in [6, 6.07) is 11.0. The molecule has 3 aliphatic rings. The molecule has 0 radical (unpaired) electrons. The molecule has 7 nitrogen and oxygen atoms in total. The van der Waals surface area contributed by atoms with E-state index in [-0.39, 0.29) is 25.0 Å². The van der Waals surface area contributed by atoms with Crippen molar-refractivity contribution in [1.82, 2.24) is 9.80 Å².